The zero-order valence-electron chi connectivity index (χ0n) is 20.6. The van der Waals surface area contributed by atoms with Gasteiger partial charge < -0.3 is 4.90 Å². The van der Waals surface area contributed by atoms with Crippen LogP contribution in [0.4, 0.5) is 14.5 Å². The SMILES string of the molecule is O=C(c1ccccc1F)[C@@H]1[C@@H](c2ccccc2F)C2(C(=O)c3ccccc3C2=O)[C@@H]2C=Cc3ccccc3N12. The van der Waals surface area contributed by atoms with E-state index in [1.54, 1.807) is 53.4 Å². The number of halogens is 2. The molecule has 4 aromatic rings. The second-order valence-corrected chi connectivity index (χ2v) is 10.1. The molecule has 4 nitrogen and oxygen atoms in total. The van der Waals surface area contributed by atoms with Gasteiger partial charge in [0, 0.05) is 22.7 Å². The van der Waals surface area contributed by atoms with E-state index < -0.39 is 52.4 Å². The number of hydrogen-bond acceptors (Lipinski definition) is 4. The van der Waals surface area contributed by atoms with E-state index in [9.17, 15) is 14.4 Å². The molecule has 3 atom stereocenters. The number of carbonyl (C=O) groups excluding carboxylic acids is 3. The highest BCUT2D eigenvalue weighted by molar-refractivity contribution is 6.32. The molecule has 0 unspecified atom stereocenters. The highest BCUT2D eigenvalue weighted by Crippen LogP contribution is 2.61. The van der Waals surface area contributed by atoms with E-state index in [2.05, 4.69) is 0 Å². The molecule has 0 saturated carbocycles. The summed E-state index contributed by atoms with van der Waals surface area (Å²) in [6, 6.07) is 23.3. The van der Waals surface area contributed by atoms with E-state index in [0.717, 1.165) is 5.56 Å². The van der Waals surface area contributed by atoms with Gasteiger partial charge in [-0.1, -0.05) is 84.9 Å². The van der Waals surface area contributed by atoms with E-state index in [-0.39, 0.29) is 22.3 Å². The summed E-state index contributed by atoms with van der Waals surface area (Å²) in [6.07, 6.45) is 3.59. The second kappa shape index (κ2) is 8.40. The van der Waals surface area contributed by atoms with E-state index in [1.165, 1.54) is 36.4 Å². The minimum atomic E-state index is -1.83. The lowest BCUT2D eigenvalue weighted by molar-refractivity contribution is 0.0664. The van der Waals surface area contributed by atoms with Gasteiger partial charge in [0.15, 0.2) is 17.3 Å². The van der Waals surface area contributed by atoms with Gasteiger partial charge in [0.1, 0.15) is 23.1 Å². The van der Waals surface area contributed by atoms with Crippen LogP contribution in [-0.2, 0) is 0 Å². The molecular weight excluding hydrogens is 496 g/mol. The van der Waals surface area contributed by atoms with Gasteiger partial charge in [-0.25, -0.2) is 8.78 Å². The summed E-state index contributed by atoms with van der Waals surface area (Å²) in [7, 11) is 0. The van der Waals surface area contributed by atoms with E-state index in [1.807, 2.05) is 24.3 Å². The number of ketones is 3. The molecule has 2 aliphatic heterocycles. The number of hydrogen-bond donors (Lipinski definition) is 0. The first-order valence-corrected chi connectivity index (χ1v) is 12.7. The lowest BCUT2D eigenvalue weighted by Crippen LogP contribution is -2.48. The summed E-state index contributed by atoms with van der Waals surface area (Å²) in [5.74, 6) is -4.12. The maximum Gasteiger partial charge on any atom is 0.188 e. The molecule has 0 amide bonds. The van der Waals surface area contributed by atoms with Crippen LogP contribution < -0.4 is 4.90 Å². The number of nitrogens with zero attached hydrogens (tertiary/aromatic N) is 1. The first kappa shape index (κ1) is 23.4. The molecule has 1 aliphatic carbocycles. The third-order valence-electron chi connectivity index (χ3n) is 8.36. The first-order chi connectivity index (χ1) is 19.0. The lowest BCUT2D eigenvalue weighted by atomic mass is 9.64. The first-order valence-electron chi connectivity index (χ1n) is 12.7. The van der Waals surface area contributed by atoms with Gasteiger partial charge in [-0.15, -0.1) is 0 Å². The van der Waals surface area contributed by atoms with Crippen molar-refractivity contribution in [2.24, 2.45) is 5.41 Å². The number of Topliss-reactive ketones (excluding diaryl/α,β-unsaturated/α-hetero) is 3. The molecule has 0 N–H and O–H groups in total. The molecule has 39 heavy (non-hydrogen) atoms. The van der Waals surface area contributed by atoms with Crippen molar-refractivity contribution in [2.75, 3.05) is 4.90 Å². The van der Waals surface area contributed by atoms with Gasteiger partial charge in [0.2, 0.25) is 0 Å². The number of carbonyl (C=O) groups is 3. The Morgan fingerprint density at radius 1 is 0.718 bits per heavy atom. The van der Waals surface area contributed by atoms with Gasteiger partial charge in [0.05, 0.1) is 11.6 Å². The number of para-hydroxylation sites is 1. The van der Waals surface area contributed by atoms with Crippen molar-refractivity contribution in [2.45, 2.75) is 18.0 Å². The minimum absolute atomic E-state index is 0.0713. The molecule has 3 aliphatic rings. The predicted octanol–water partition coefficient (Wildman–Crippen LogP) is 6.28. The lowest BCUT2D eigenvalue weighted by Gasteiger charge is -2.37. The largest absolute Gasteiger partial charge is 0.352 e. The van der Waals surface area contributed by atoms with Crippen molar-refractivity contribution in [3.63, 3.8) is 0 Å². The summed E-state index contributed by atoms with van der Waals surface area (Å²) in [5.41, 5.74) is -0.0509. The molecule has 4 aromatic carbocycles. The van der Waals surface area contributed by atoms with Gasteiger partial charge in [0.25, 0.3) is 0 Å². The maximum atomic E-state index is 15.7. The molecule has 0 aromatic heterocycles. The van der Waals surface area contributed by atoms with Crippen LogP contribution >= 0.6 is 0 Å². The van der Waals surface area contributed by atoms with Crippen molar-refractivity contribution in [3.8, 4) is 0 Å². The average Bonchev–Trinajstić information content (AvgIpc) is 3.39. The third-order valence-corrected chi connectivity index (χ3v) is 8.36. The fourth-order valence-corrected chi connectivity index (χ4v) is 6.81. The molecule has 1 fully saturated rings. The monoisotopic (exact) mass is 517 g/mol. The van der Waals surface area contributed by atoms with Crippen LogP contribution in [0.2, 0.25) is 0 Å². The smallest absolute Gasteiger partial charge is 0.188 e. The molecule has 1 spiro atoms. The minimum Gasteiger partial charge on any atom is -0.352 e. The number of rotatable bonds is 3. The Bertz CT molecular complexity index is 1710. The number of benzene rings is 4. The van der Waals surface area contributed by atoms with Crippen LogP contribution in [0, 0.1) is 17.0 Å². The van der Waals surface area contributed by atoms with Gasteiger partial charge in [-0.2, -0.15) is 0 Å². The fraction of sp³-hybridized carbons (Fsp3) is 0.121. The Balaban J connectivity index is 1.58. The molecular formula is C33H21F2NO3. The van der Waals surface area contributed by atoms with Crippen molar-refractivity contribution in [1.29, 1.82) is 0 Å². The normalized spacial score (nSPS) is 22.1. The summed E-state index contributed by atoms with van der Waals surface area (Å²) in [6.45, 7) is 0. The molecule has 0 radical (unpaired) electrons. The highest BCUT2D eigenvalue weighted by Gasteiger charge is 2.72. The van der Waals surface area contributed by atoms with E-state index >= 15 is 8.78 Å². The Morgan fingerprint density at radius 3 is 2.00 bits per heavy atom. The molecule has 0 bridgehead atoms. The summed E-state index contributed by atoms with van der Waals surface area (Å²) in [4.78, 5) is 45.1. The van der Waals surface area contributed by atoms with E-state index in [4.69, 9.17) is 0 Å². The van der Waals surface area contributed by atoms with Crippen molar-refractivity contribution in [1.82, 2.24) is 0 Å². The predicted molar refractivity (Wildman–Crippen MR) is 143 cm³/mol. The van der Waals surface area contributed by atoms with Gasteiger partial charge in [-0.3, -0.25) is 14.4 Å². The molecule has 7 rings (SSSR count). The standard InChI is InChI=1S/C33H21F2NO3/c34-24-14-6-4-12-22(24)28-29(30(37)23-13-5-7-15-25(23)35)36-26-16-8-1-9-19(26)17-18-27(36)33(28)31(38)20-10-2-3-11-21(20)32(33)39/h1-18,27-29H/t27-,28+,29-/m0/s1. The molecule has 1 saturated heterocycles. The maximum absolute atomic E-state index is 15.7. The Kier molecular flexibility index (Phi) is 5.04. The van der Waals surface area contributed by atoms with Crippen LogP contribution in [-0.4, -0.2) is 29.4 Å². The van der Waals surface area contributed by atoms with Crippen LogP contribution in [0.1, 0.15) is 48.1 Å². The number of fused-ring (bicyclic) bond motifs is 5. The topological polar surface area (TPSA) is 54.5 Å². The van der Waals surface area contributed by atoms with E-state index in [0.29, 0.717) is 5.69 Å². The Hall–Kier alpha value is -4.71. The third kappa shape index (κ3) is 3.00. The number of anilines is 1. The second-order valence-electron chi connectivity index (χ2n) is 10.1. The van der Waals surface area contributed by atoms with Crippen LogP contribution in [0.25, 0.3) is 6.08 Å². The molecule has 2 heterocycles. The zero-order chi connectivity index (χ0) is 26.9. The average molecular weight is 518 g/mol. The molecule has 6 heteroatoms. The van der Waals surface area contributed by atoms with Crippen molar-refractivity contribution >= 4 is 29.1 Å². The Labute approximate surface area is 223 Å². The highest BCUT2D eigenvalue weighted by atomic mass is 19.1. The zero-order valence-corrected chi connectivity index (χ0v) is 20.6. The van der Waals surface area contributed by atoms with Crippen LogP contribution in [0.3, 0.4) is 0 Å². The summed E-state index contributed by atoms with van der Waals surface area (Å²) in [5, 5.41) is 0. The van der Waals surface area contributed by atoms with Crippen molar-refractivity contribution in [3.05, 3.63) is 143 Å². The van der Waals surface area contributed by atoms with Crippen LogP contribution in [0.15, 0.2) is 103 Å². The van der Waals surface area contributed by atoms with Gasteiger partial charge >= 0.3 is 0 Å². The quantitative estimate of drug-likeness (QED) is 0.237. The summed E-state index contributed by atoms with van der Waals surface area (Å²) >= 11 is 0. The van der Waals surface area contributed by atoms with Crippen molar-refractivity contribution < 1.29 is 23.2 Å². The summed E-state index contributed by atoms with van der Waals surface area (Å²) < 4.78 is 30.8. The van der Waals surface area contributed by atoms with Gasteiger partial charge in [-0.05, 0) is 35.4 Å². The fourth-order valence-electron chi connectivity index (χ4n) is 6.81. The Morgan fingerprint density at radius 2 is 1.31 bits per heavy atom. The molecule has 190 valence electrons. The van der Waals surface area contributed by atoms with Crippen LogP contribution in [0.5, 0.6) is 0 Å².